The van der Waals surface area contributed by atoms with Gasteiger partial charge in [0, 0.05) is 18.7 Å². The molecule has 0 bridgehead atoms. The van der Waals surface area contributed by atoms with Crippen molar-refractivity contribution in [2.75, 3.05) is 79.2 Å². The van der Waals surface area contributed by atoms with Crippen LogP contribution in [0.4, 0.5) is 0 Å². The molecule has 0 saturated carbocycles. The van der Waals surface area contributed by atoms with Crippen LogP contribution in [-0.2, 0) is 23.7 Å². The summed E-state index contributed by atoms with van der Waals surface area (Å²) in [6, 6.07) is 9.34. The molecule has 1 heterocycles. The molecule has 5 N–H and O–H groups in total. The molecule has 1 amide bonds. The van der Waals surface area contributed by atoms with Crippen LogP contribution in [0, 0.1) is 0 Å². The Bertz CT molecular complexity index is 1060. The Morgan fingerprint density at radius 2 is 1.38 bits per heavy atom. The van der Waals surface area contributed by atoms with Crippen molar-refractivity contribution in [3.63, 3.8) is 0 Å². The quantitative estimate of drug-likeness (QED) is 0.145. The predicted molar refractivity (Wildman–Crippen MR) is 144 cm³/mol. The molecule has 2 aromatic carbocycles. The van der Waals surface area contributed by atoms with Crippen molar-refractivity contribution in [2.24, 2.45) is 5.73 Å². The minimum absolute atomic E-state index is 0.0380. The normalized spacial score (nSPS) is 14.5. The van der Waals surface area contributed by atoms with Gasteiger partial charge in [0.2, 0.25) is 5.75 Å². The summed E-state index contributed by atoms with van der Waals surface area (Å²) in [5.74, 6) is -1.33. The first-order valence-electron chi connectivity index (χ1n) is 13.2. The van der Waals surface area contributed by atoms with Gasteiger partial charge in [-0.05, 0) is 29.8 Å². The van der Waals surface area contributed by atoms with E-state index in [2.05, 4.69) is 5.32 Å². The largest absolute Gasteiger partial charge is 0.504 e. The van der Waals surface area contributed by atoms with Crippen molar-refractivity contribution in [1.82, 2.24) is 5.32 Å². The van der Waals surface area contributed by atoms with E-state index >= 15 is 0 Å². The number of phenolic OH excluding ortho intramolecular Hbond substituents is 2. The van der Waals surface area contributed by atoms with Gasteiger partial charge in [-0.2, -0.15) is 0 Å². The van der Waals surface area contributed by atoms with Gasteiger partial charge in [0.05, 0.1) is 78.1 Å². The van der Waals surface area contributed by atoms with E-state index in [0.29, 0.717) is 90.3 Å². The number of carbonyl (C=O) groups is 2. The first-order valence-corrected chi connectivity index (χ1v) is 13.2. The Hall–Kier alpha value is -3.26. The summed E-state index contributed by atoms with van der Waals surface area (Å²) in [5, 5.41) is 22.6. The highest BCUT2D eigenvalue weighted by molar-refractivity contribution is 6.01. The second kappa shape index (κ2) is 17.4. The minimum atomic E-state index is -0.641. The number of hydrogen-bond donors (Lipinski definition) is 4. The van der Waals surface area contributed by atoms with Crippen LogP contribution >= 0.6 is 0 Å². The van der Waals surface area contributed by atoms with Crippen LogP contribution in [0.5, 0.6) is 17.2 Å². The van der Waals surface area contributed by atoms with Crippen molar-refractivity contribution in [2.45, 2.75) is 12.5 Å². The number of fused-ring (bicyclic) bond motifs is 1. The lowest BCUT2D eigenvalue weighted by atomic mass is 9.95. The summed E-state index contributed by atoms with van der Waals surface area (Å²) in [6.07, 6.45) is -0.559. The van der Waals surface area contributed by atoms with Crippen molar-refractivity contribution in [3.05, 3.63) is 53.1 Å². The summed E-state index contributed by atoms with van der Waals surface area (Å²) in [4.78, 5) is 24.9. The maximum atomic E-state index is 12.5. The third kappa shape index (κ3) is 10.0. The molecule has 40 heavy (non-hydrogen) atoms. The summed E-state index contributed by atoms with van der Waals surface area (Å²) in [5.41, 5.74) is 6.66. The Labute approximate surface area is 233 Å². The van der Waals surface area contributed by atoms with Crippen LogP contribution in [0.25, 0.3) is 0 Å². The minimum Gasteiger partial charge on any atom is -0.504 e. The van der Waals surface area contributed by atoms with Crippen molar-refractivity contribution in [3.8, 4) is 17.2 Å². The molecule has 0 aliphatic carbocycles. The highest BCUT2D eigenvalue weighted by Crippen LogP contribution is 2.44. The molecule has 1 aliphatic heterocycles. The van der Waals surface area contributed by atoms with Gasteiger partial charge in [-0.1, -0.05) is 12.1 Å². The lowest BCUT2D eigenvalue weighted by Gasteiger charge is -2.26. The van der Waals surface area contributed by atoms with E-state index in [1.807, 2.05) is 0 Å². The zero-order valence-electron chi connectivity index (χ0n) is 22.5. The Morgan fingerprint density at radius 3 is 1.95 bits per heavy atom. The number of benzene rings is 2. The van der Waals surface area contributed by atoms with Gasteiger partial charge in [0.25, 0.3) is 5.91 Å². The molecule has 3 rings (SSSR count). The van der Waals surface area contributed by atoms with E-state index in [9.17, 15) is 19.8 Å². The number of phenols is 2. The lowest BCUT2D eigenvalue weighted by molar-refractivity contribution is -0.0102. The second-order valence-electron chi connectivity index (χ2n) is 8.77. The molecule has 220 valence electrons. The third-order valence-corrected chi connectivity index (χ3v) is 5.87. The molecule has 1 atom stereocenters. The van der Waals surface area contributed by atoms with Crippen LogP contribution < -0.4 is 15.8 Å². The zero-order valence-corrected chi connectivity index (χ0v) is 22.5. The van der Waals surface area contributed by atoms with Gasteiger partial charge >= 0.3 is 0 Å². The van der Waals surface area contributed by atoms with Crippen LogP contribution in [0.2, 0.25) is 0 Å². The molecular formula is C28H38N2O10. The van der Waals surface area contributed by atoms with Crippen LogP contribution in [-0.4, -0.2) is 101 Å². The summed E-state index contributed by atoms with van der Waals surface area (Å²) in [7, 11) is 0. The first kappa shape index (κ1) is 31.3. The summed E-state index contributed by atoms with van der Waals surface area (Å²) in [6.45, 7) is 5.45. The number of ether oxygens (including phenoxy) is 6. The molecule has 1 aliphatic rings. The van der Waals surface area contributed by atoms with Crippen LogP contribution in [0.15, 0.2) is 36.4 Å². The fourth-order valence-electron chi connectivity index (χ4n) is 3.80. The molecule has 0 saturated heterocycles. The molecule has 0 fully saturated rings. The SMILES string of the molecule is NCCOCCOCCOCCOCCOCCNC(=O)c1ccc(C2CC(=O)c3ccc(O)c(O)c3O2)cc1. The molecular weight excluding hydrogens is 524 g/mol. The number of amides is 1. The predicted octanol–water partition coefficient (Wildman–Crippen LogP) is 1.58. The first-order chi connectivity index (χ1) is 19.5. The standard InChI is InChI=1S/C28H38N2O10/c29-7-9-35-11-13-37-15-17-39-18-16-38-14-12-36-10-8-30-28(34)21-3-1-20(2-4-21)25-19-24(32)22-5-6-23(31)26(33)27(22)40-25/h1-6,25,31,33H,7-19,29H2,(H,30,34). The number of carbonyl (C=O) groups excluding carboxylic acids is 2. The summed E-state index contributed by atoms with van der Waals surface area (Å²) >= 11 is 0. The number of nitrogens with one attached hydrogen (secondary N) is 1. The maximum absolute atomic E-state index is 12.5. The van der Waals surface area contributed by atoms with E-state index in [0.717, 1.165) is 0 Å². The van der Waals surface area contributed by atoms with E-state index in [1.54, 1.807) is 24.3 Å². The number of aromatic hydroxyl groups is 2. The average molecular weight is 563 g/mol. The highest BCUT2D eigenvalue weighted by Gasteiger charge is 2.31. The summed E-state index contributed by atoms with van der Waals surface area (Å²) < 4.78 is 32.6. The highest BCUT2D eigenvalue weighted by atomic mass is 16.6. The van der Waals surface area contributed by atoms with Gasteiger partial charge < -0.3 is 49.7 Å². The number of ketones is 1. The molecule has 12 nitrogen and oxygen atoms in total. The molecule has 12 heteroatoms. The van der Waals surface area contributed by atoms with E-state index in [4.69, 9.17) is 34.2 Å². The lowest BCUT2D eigenvalue weighted by Crippen LogP contribution is -2.27. The molecule has 2 aromatic rings. The monoisotopic (exact) mass is 562 g/mol. The van der Waals surface area contributed by atoms with Gasteiger partial charge in [-0.25, -0.2) is 0 Å². The Balaban J connectivity index is 1.22. The third-order valence-electron chi connectivity index (χ3n) is 5.87. The zero-order chi connectivity index (χ0) is 28.6. The number of nitrogens with two attached hydrogens (primary N) is 1. The fraction of sp³-hybridized carbons (Fsp3) is 0.500. The van der Waals surface area contributed by atoms with E-state index < -0.39 is 11.9 Å². The molecule has 0 spiro atoms. The van der Waals surface area contributed by atoms with Crippen molar-refractivity contribution >= 4 is 11.7 Å². The van der Waals surface area contributed by atoms with E-state index in [-0.39, 0.29) is 35.2 Å². The van der Waals surface area contributed by atoms with Crippen molar-refractivity contribution < 1.29 is 48.2 Å². The number of hydrogen-bond acceptors (Lipinski definition) is 11. The van der Waals surface area contributed by atoms with Gasteiger partial charge in [-0.15, -0.1) is 0 Å². The fourth-order valence-corrected chi connectivity index (χ4v) is 3.80. The van der Waals surface area contributed by atoms with Crippen molar-refractivity contribution in [1.29, 1.82) is 0 Å². The maximum Gasteiger partial charge on any atom is 0.251 e. The molecule has 0 aromatic heterocycles. The Morgan fingerprint density at radius 1 is 0.825 bits per heavy atom. The average Bonchev–Trinajstić information content (AvgIpc) is 2.96. The second-order valence-corrected chi connectivity index (χ2v) is 8.77. The van der Waals surface area contributed by atoms with E-state index in [1.165, 1.54) is 12.1 Å². The van der Waals surface area contributed by atoms with Crippen LogP contribution in [0.1, 0.15) is 38.8 Å². The van der Waals surface area contributed by atoms with Gasteiger partial charge in [-0.3, -0.25) is 9.59 Å². The van der Waals surface area contributed by atoms with Gasteiger partial charge in [0.15, 0.2) is 17.3 Å². The topological polar surface area (TPSA) is 168 Å². The molecule has 0 radical (unpaired) electrons. The smallest absolute Gasteiger partial charge is 0.251 e. The van der Waals surface area contributed by atoms with Gasteiger partial charge in [0.1, 0.15) is 6.10 Å². The van der Waals surface area contributed by atoms with Crippen LogP contribution in [0.3, 0.4) is 0 Å². The number of rotatable bonds is 19. The molecule has 1 unspecified atom stereocenters. The Kier molecular flexibility index (Phi) is 13.6. The number of Topliss-reactive ketones (excluding diaryl/α,β-unsaturated/α-hetero) is 1.